The quantitative estimate of drug-likeness (QED) is 0.598. The van der Waals surface area contributed by atoms with Crippen LogP contribution in [0.4, 0.5) is 5.88 Å². The fourth-order valence-electron chi connectivity index (χ4n) is 2.07. The third-order valence-electron chi connectivity index (χ3n) is 2.78. The first-order valence-electron chi connectivity index (χ1n) is 5.19. The number of hydrogen-bond donors (Lipinski definition) is 3. The van der Waals surface area contributed by atoms with E-state index in [2.05, 4.69) is 10.1 Å². The van der Waals surface area contributed by atoms with Crippen LogP contribution in [0.1, 0.15) is 5.69 Å². The fraction of sp³-hybridized carbons (Fsp3) is 0.0833. The summed E-state index contributed by atoms with van der Waals surface area (Å²) in [5.41, 5.74) is 8.69. The van der Waals surface area contributed by atoms with Crippen LogP contribution in [-0.2, 0) is 0 Å². The van der Waals surface area contributed by atoms with E-state index in [1.54, 1.807) is 18.2 Å². The maximum Gasteiger partial charge on any atom is 0.222 e. The van der Waals surface area contributed by atoms with Crippen molar-refractivity contribution in [3.8, 4) is 17.0 Å². The SMILES string of the molecule is Cc1[nH]c2c(O)cccc2c1-c1cc(N)on1. The van der Waals surface area contributed by atoms with Crippen molar-refractivity contribution >= 4 is 16.8 Å². The molecule has 2 aromatic heterocycles. The number of para-hydroxylation sites is 1. The summed E-state index contributed by atoms with van der Waals surface area (Å²) in [7, 11) is 0. The van der Waals surface area contributed by atoms with Gasteiger partial charge in [-0.25, -0.2) is 0 Å². The number of benzene rings is 1. The number of phenolic OH excluding ortho intramolecular Hbond substituents is 1. The van der Waals surface area contributed by atoms with Gasteiger partial charge >= 0.3 is 0 Å². The summed E-state index contributed by atoms with van der Waals surface area (Å²) >= 11 is 0. The van der Waals surface area contributed by atoms with Crippen molar-refractivity contribution in [1.82, 2.24) is 10.1 Å². The van der Waals surface area contributed by atoms with Crippen LogP contribution in [-0.4, -0.2) is 15.2 Å². The lowest BCUT2D eigenvalue weighted by Gasteiger charge is -1.95. The lowest BCUT2D eigenvalue weighted by Crippen LogP contribution is -1.79. The van der Waals surface area contributed by atoms with Crippen molar-refractivity contribution in [2.24, 2.45) is 0 Å². The summed E-state index contributed by atoms with van der Waals surface area (Å²) in [5, 5.41) is 14.6. The largest absolute Gasteiger partial charge is 0.506 e. The number of aromatic hydroxyl groups is 1. The van der Waals surface area contributed by atoms with E-state index in [9.17, 15) is 5.11 Å². The number of nitrogen functional groups attached to an aromatic ring is 1. The van der Waals surface area contributed by atoms with Crippen molar-refractivity contribution in [1.29, 1.82) is 0 Å². The van der Waals surface area contributed by atoms with Crippen molar-refractivity contribution in [3.05, 3.63) is 30.0 Å². The molecule has 5 nitrogen and oxygen atoms in total. The maximum atomic E-state index is 9.76. The smallest absolute Gasteiger partial charge is 0.222 e. The van der Waals surface area contributed by atoms with E-state index in [1.807, 2.05) is 13.0 Å². The van der Waals surface area contributed by atoms with Crippen LogP contribution < -0.4 is 5.73 Å². The molecule has 0 fully saturated rings. The molecule has 0 saturated heterocycles. The van der Waals surface area contributed by atoms with Gasteiger partial charge in [0, 0.05) is 22.7 Å². The highest BCUT2D eigenvalue weighted by molar-refractivity contribution is 5.99. The number of anilines is 1. The van der Waals surface area contributed by atoms with E-state index >= 15 is 0 Å². The van der Waals surface area contributed by atoms with Crippen molar-refractivity contribution in [3.63, 3.8) is 0 Å². The molecule has 3 aromatic rings. The van der Waals surface area contributed by atoms with Gasteiger partial charge in [0.1, 0.15) is 11.4 Å². The molecule has 0 atom stereocenters. The van der Waals surface area contributed by atoms with Gasteiger partial charge in [-0.1, -0.05) is 17.3 Å². The molecule has 0 saturated carbocycles. The molecule has 1 aromatic carbocycles. The number of aryl methyl sites for hydroxylation is 1. The molecule has 4 N–H and O–H groups in total. The fourth-order valence-corrected chi connectivity index (χ4v) is 2.07. The summed E-state index contributed by atoms with van der Waals surface area (Å²) in [6.45, 7) is 1.92. The Hall–Kier alpha value is -2.43. The summed E-state index contributed by atoms with van der Waals surface area (Å²) in [5.74, 6) is 0.488. The Kier molecular flexibility index (Phi) is 1.89. The van der Waals surface area contributed by atoms with Gasteiger partial charge in [-0.05, 0) is 13.0 Å². The van der Waals surface area contributed by atoms with Crippen LogP contribution >= 0.6 is 0 Å². The van der Waals surface area contributed by atoms with Gasteiger partial charge in [0.25, 0.3) is 0 Å². The molecular formula is C12H11N3O2. The molecule has 0 radical (unpaired) electrons. The molecule has 0 unspecified atom stereocenters. The normalized spacial score (nSPS) is 11.1. The van der Waals surface area contributed by atoms with E-state index in [0.29, 0.717) is 11.2 Å². The Morgan fingerprint density at radius 3 is 2.94 bits per heavy atom. The van der Waals surface area contributed by atoms with Gasteiger partial charge in [-0.15, -0.1) is 0 Å². The Balaban J connectivity index is 2.36. The molecule has 0 spiro atoms. The van der Waals surface area contributed by atoms with Crippen LogP contribution in [0.2, 0.25) is 0 Å². The molecule has 0 amide bonds. The average Bonchev–Trinajstić information content (AvgIpc) is 2.82. The second kappa shape index (κ2) is 3.28. The van der Waals surface area contributed by atoms with E-state index in [-0.39, 0.29) is 11.6 Å². The highest BCUT2D eigenvalue weighted by atomic mass is 16.5. The Bertz CT molecular complexity index is 697. The Labute approximate surface area is 96.8 Å². The van der Waals surface area contributed by atoms with Crippen LogP contribution in [0.15, 0.2) is 28.8 Å². The maximum absolute atomic E-state index is 9.76. The van der Waals surface area contributed by atoms with Crippen molar-refractivity contribution in [2.75, 3.05) is 5.73 Å². The molecule has 0 aliphatic rings. The van der Waals surface area contributed by atoms with Gasteiger partial charge in [-0.3, -0.25) is 0 Å². The van der Waals surface area contributed by atoms with E-state index in [4.69, 9.17) is 10.3 Å². The zero-order valence-corrected chi connectivity index (χ0v) is 9.19. The first-order valence-corrected chi connectivity index (χ1v) is 5.19. The number of phenols is 1. The molecular weight excluding hydrogens is 218 g/mol. The van der Waals surface area contributed by atoms with Crippen LogP contribution in [0, 0.1) is 6.92 Å². The summed E-state index contributed by atoms with van der Waals surface area (Å²) in [6.07, 6.45) is 0. The average molecular weight is 229 g/mol. The van der Waals surface area contributed by atoms with E-state index < -0.39 is 0 Å². The second-order valence-corrected chi connectivity index (χ2v) is 3.94. The molecule has 17 heavy (non-hydrogen) atoms. The molecule has 5 heteroatoms. The predicted molar refractivity (Wildman–Crippen MR) is 64.6 cm³/mol. The highest BCUT2D eigenvalue weighted by Crippen LogP contribution is 2.35. The molecule has 0 aliphatic carbocycles. The summed E-state index contributed by atoms with van der Waals surface area (Å²) < 4.78 is 4.87. The minimum absolute atomic E-state index is 0.216. The van der Waals surface area contributed by atoms with E-state index in [1.165, 1.54) is 0 Å². The van der Waals surface area contributed by atoms with Gasteiger partial charge < -0.3 is 20.3 Å². The molecule has 3 rings (SSSR count). The Morgan fingerprint density at radius 2 is 2.24 bits per heavy atom. The highest BCUT2D eigenvalue weighted by Gasteiger charge is 2.15. The Morgan fingerprint density at radius 1 is 1.41 bits per heavy atom. The zero-order valence-electron chi connectivity index (χ0n) is 9.19. The van der Waals surface area contributed by atoms with Crippen LogP contribution in [0.25, 0.3) is 22.2 Å². The first kappa shape index (κ1) is 9.77. The summed E-state index contributed by atoms with van der Waals surface area (Å²) in [6, 6.07) is 7.01. The number of nitrogens with two attached hydrogens (primary N) is 1. The number of aromatic nitrogens is 2. The molecule has 0 bridgehead atoms. The standard InChI is InChI=1S/C12H11N3O2/c1-6-11(8-5-10(13)17-15-8)7-3-2-4-9(16)12(7)14-6/h2-5,14,16H,13H2,1H3. The van der Waals surface area contributed by atoms with Gasteiger partial charge in [0.05, 0.1) is 5.52 Å². The first-order chi connectivity index (χ1) is 8.16. The van der Waals surface area contributed by atoms with Crippen molar-refractivity contribution in [2.45, 2.75) is 6.92 Å². The topological polar surface area (TPSA) is 88.1 Å². The number of aromatic amines is 1. The molecule has 0 aliphatic heterocycles. The number of hydrogen-bond acceptors (Lipinski definition) is 4. The van der Waals surface area contributed by atoms with Crippen molar-refractivity contribution < 1.29 is 9.63 Å². The molecule has 2 heterocycles. The second-order valence-electron chi connectivity index (χ2n) is 3.94. The third-order valence-corrected chi connectivity index (χ3v) is 2.78. The number of rotatable bonds is 1. The van der Waals surface area contributed by atoms with Gasteiger partial charge in [-0.2, -0.15) is 0 Å². The minimum atomic E-state index is 0.216. The number of nitrogens with one attached hydrogen (secondary N) is 1. The van der Waals surface area contributed by atoms with E-state index in [0.717, 1.165) is 16.6 Å². The molecule has 86 valence electrons. The lowest BCUT2D eigenvalue weighted by atomic mass is 10.1. The number of fused-ring (bicyclic) bond motifs is 1. The van der Waals surface area contributed by atoms with Gasteiger partial charge in [0.2, 0.25) is 5.88 Å². The van der Waals surface area contributed by atoms with Gasteiger partial charge in [0.15, 0.2) is 0 Å². The number of H-pyrrole nitrogens is 1. The number of nitrogens with zero attached hydrogens (tertiary/aromatic N) is 1. The lowest BCUT2D eigenvalue weighted by molar-refractivity contribution is 0.439. The predicted octanol–water partition coefficient (Wildman–Crippen LogP) is 2.42. The van der Waals surface area contributed by atoms with Crippen LogP contribution in [0.5, 0.6) is 5.75 Å². The zero-order chi connectivity index (χ0) is 12.0. The third kappa shape index (κ3) is 1.36. The minimum Gasteiger partial charge on any atom is -0.506 e. The summed E-state index contributed by atoms with van der Waals surface area (Å²) in [4.78, 5) is 3.13. The van der Waals surface area contributed by atoms with Crippen LogP contribution in [0.3, 0.4) is 0 Å². The monoisotopic (exact) mass is 229 g/mol.